The highest BCUT2D eigenvalue weighted by Gasteiger charge is 2.25. The van der Waals surface area contributed by atoms with Crippen molar-refractivity contribution in [2.75, 3.05) is 20.2 Å². The van der Waals surface area contributed by atoms with Crippen LogP contribution >= 0.6 is 11.3 Å². The number of benzene rings is 1. The molecule has 0 saturated carbocycles. The van der Waals surface area contributed by atoms with Crippen LogP contribution in [-0.4, -0.2) is 51.9 Å². The molecule has 8 heteroatoms. The van der Waals surface area contributed by atoms with Crippen molar-refractivity contribution in [3.8, 4) is 22.1 Å². The number of amides is 1. The molecule has 7 nitrogen and oxygen atoms in total. The minimum Gasteiger partial charge on any atom is -0.486 e. The summed E-state index contributed by atoms with van der Waals surface area (Å²) in [5.74, 6) is 1.30. The minimum atomic E-state index is -0.213. The Balaban J connectivity index is 1.42. The normalized spacial score (nSPS) is 15.7. The summed E-state index contributed by atoms with van der Waals surface area (Å²) in [5.41, 5.74) is 1.33. The van der Waals surface area contributed by atoms with Crippen molar-refractivity contribution in [1.82, 2.24) is 19.7 Å². The van der Waals surface area contributed by atoms with Crippen LogP contribution in [0.2, 0.25) is 0 Å². The van der Waals surface area contributed by atoms with Gasteiger partial charge < -0.3 is 14.4 Å². The second-order valence-corrected chi connectivity index (χ2v) is 6.98. The van der Waals surface area contributed by atoms with E-state index in [1.54, 1.807) is 28.2 Å². The van der Waals surface area contributed by atoms with Crippen LogP contribution in [-0.2, 0) is 7.05 Å². The van der Waals surface area contributed by atoms with Gasteiger partial charge in [0.25, 0.3) is 5.91 Å². The number of carbonyl (C=O) groups is 1. The lowest BCUT2D eigenvalue weighted by Crippen LogP contribution is -2.41. The maximum atomic E-state index is 12.7. The van der Waals surface area contributed by atoms with E-state index in [-0.39, 0.29) is 12.0 Å². The Morgan fingerprint density at radius 1 is 1.38 bits per heavy atom. The largest absolute Gasteiger partial charge is 0.486 e. The van der Waals surface area contributed by atoms with Gasteiger partial charge in [-0.1, -0.05) is 12.1 Å². The molecule has 1 aliphatic rings. The summed E-state index contributed by atoms with van der Waals surface area (Å²) in [4.78, 5) is 18.7. The summed E-state index contributed by atoms with van der Waals surface area (Å²) < 4.78 is 13.3. The highest BCUT2D eigenvalue weighted by Crippen LogP contribution is 2.31. The van der Waals surface area contributed by atoms with Crippen LogP contribution in [0.25, 0.3) is 10.6 Å². The summed E-state index contributed by atoms with van der Waals surface area (Å²) in [7, 11) is 3.59. The number of aromatic nitrogens is 3. The van der Waals surface area contributed by atoms with Gasteiger partial charge in [-0.05, 0) is 12.1 Å². The summed E-state index contributed by atoms with van der Waals surface area (Å²) in [5, 5.41) is 6.69. The summed E-state index contributed by atoms with van der Waals surface area (Å²) in [6, 6.07) is 7.54. The molecule has 26 heavy (non-hydrogen) atoms. The Hall–Kier alpha value is -2.87. The lowest BCUT2D eigenvalue weighted by atomic mass is 10.2. The van der Waals surface area contributed by atoms with Crippen LogP contribution in [0, 0.1) is 0 Å². The average Bonchev–Trinajstić information content (AvgIpc) is 3.30. The minimum absolute atomic E-state index is 0.140. The molecular formula is C18H18N4O3S. The number of carbonyl (C=O) groups excluding carboxylic acids is 1. The van der Waals surface area contributed by atoms with Crippen LogP contribution in [0.5, 0.6) is 11.5 Å². The van der Waals surface area contributed by atoms with Crippen LogP contribution in [0.15, 0.2) is 42.0 Å². The van der Waals surface area contributed by atoms with E-state index in [9.17, 15) is 4.79 Å². The number of thiazole rings is 1. The maximum Gasteiger partial charge on any atom is 0.273 e. The second-order valence-electron chi connectivity index (χ2n) is 6.12. The van der Waals surface area contributed by atoms with E-state index >= 15 is 0 Å². The van der Waals surface area contributed by atoms with Gasteiger partial charge in [-0.15, -0.1) is 11.3 Å². The fourth-order valence-corrected chi connectivity index (χ4v) is 3.54. The van der Waals surface area contributed by atoms with E-state index in [1.165, 1.54) is 11.3 Å². The van der Waals surface area contributed by atoms with E-state index < -0.39 is 0 Å². The van der Waals surface area contributed by atoms with Crippen molar-refractivity contribution in [1.29, 1.82) is 0 Å². The molecule has 4 rings (SSSR count). The first-order chi connectivity index (χ1) is 12.6. The SMILES string of the molecule is CN(C[C@H]1COc2ccccc2O1)C(=O)c1csc(-c2cnn(C)c2)n1. The molecular weight excluding hydrogens is 352 g/mol. The number of fused-ring (bicyclic) bond motifs is 1. The Bertz CT molecular complexity index is 936. The third kappa shape index (κ3) is 3.28. The molecule has 0 N–H and O–H groups in total. The number of rotatable bonds is 4. The highest BCUT2D eigenvalue weighted by atomic mass is 32.1. The molecule has 1 aromatic carbocycles. The molecule has 0 fully saturated rings. The zero-order valence-electron chi connectivity index (χ0n) is 14.5. The summed E-state index contributed by atoms with van der Waals surface area (Å²) >= 11 is 1.43. The first-order valence-corrected chi connectivity index (χ1v) is 9.06. The van der Waals surface area contributed by atoms with Gasteiger partial charge in [-0.3, -0.25) is 9.48 Å². The molecule has 0 aliphatic carbocycles. The molecule has 134 valence electrons. The van der Waals surface area contributed by atoms with Crippen LogP contribution in [0.3, 0.4) is 0 Å². The number of hydrogen-bond acceptors (Lipinski definition) is 6. The van der Waals surface area contributed by atoms with Gasteiger partial charge in [-0.25, -0.2) is 4.98 Å². The maximum absolute atomic E-state index is 12.7. The summed E-state index contributed by atoms with van der Waals surface area (Å²) in [6.07, 6.45) is 3.40. The molecule has 1 amide bonds. The molecule has 0 radical (unpaired) electrons. The van der Waals surface area contributed by atoms with Gasteiger partial charge in [0.05, 0.1) is 12.7 Å². The van der Waals surface area contributed by atoms with Crippen molar-refractivity contribution >= 4 is 17.2 Å². The molecule has 1 atom stereocenters. The number of nitrogens with zero attached hydrogens (tertiary/aromatic N) is 4. The Kier molecular flexibility index (Phi) is 4.34. The third-order valence-corrected chi connectivity index (χ3v) is 4.96. The number of likely N-dealkylation sites (N-methyl/N-ethyl adjacent to an activating group) is 1. The smallest absolute Gasteiger partial charge is 0.273 e. The van der Waals surface area contributed by atoms with Crippen molar-refractivity contribution < 1.29 is 14.3 Å². The molecule has 0 saturated heterocycles. The lowest BCUT2D eigenvalue weighted by Gasteiger charge is -2.29. The van der Waals surface area contributed by atoms with Crippen molar-refractivity contribution in [3.63, 3.8) is 0 Å². The third-order valence-electron chi connectivity index (χ3n) is 4.07. The predicted molar refractivity (Wildman–Crippen MR) is 97.6 cm³/mol. The van der Waals surface area contributed by atoms with E-state index in [4.69, 9.17) is 9.47 Å². The number of hydrogen-bond donors (Lipinski definition) is 0. The van der Waals surface area contributed by atoms with Crippen molar-refractivity contribution in [2.24, 2.45) is 7.05 Å². The Morgan fingerprint density at radius 3 is 2.96 bits per heavy atom. The quantitative estimate of drug-likeness (QED) is 0.706. The van der Waals surface area contributed by atoms with E-state index in [0.29, 0.717) is 24.6 Å². The van der Waals surface area contributed by atoms with Crippen LogP contribution in [0.1, 0.15) is 10.5 Å². The van der Waals surface area contributed by atoms with Gasteiger partial charge in [0, 0.05) is 31.2 Å². The van der Waals surface area contributed by atoms with Gasteiger partial charge >= 0.3 is 0 Å². The van der Waals surface area contributed by atoms with Gasteiger partial charge in [-0.2, -0.15) is 5.10 Å². The Labute approximate surface area is 154 Å². The molecule has 3 heterocycles. The number of ether oxygens (including phenoxy) is 2. The van der Waals surface area contributed by atoms with E-state index in [1.807, 2.05) is 37.5 Å². The second kappa shape index (κ2) is 6.80. The highest BCUT2D eigenvalue weighted by molar-refractivity contribution is 7.13. The fraction of sp³-hybridized carbons (Fsp3) is 0.278. The van der Waals surface area contributed by atoms with Crippen LogP contribution < -0.4 is 9.47 Å². The Morgan fingerprint density at radius 2 is 2.19 bits per heavy atom. The monoisotopic (exact) mass is 370 g/mol. The first-order valence-electron chi connectivity index (χ1n) is 8.18. The van der Waals surface area contributed by atoms with Crippen molar-refractivity contribution in [2.45, 2.75) is 6.10 Å². The van der Waals surface area contributed by atoms with Gasteiger partial charge in [0.2, 0.25) is 0 Å². The summed E-state index contributed by atoms with van der Waals surface area (Å²) in [6.45, 7) is 0.833. The molecule has 3 aromatic rings. The lowest BCUT2D eigenvalue weighted by molar-refractivity contribution is 0.0518. The van der Waals surface area contributed by atoms with Gasteiger partial charge in [0.15, 0.2) is 17.6 Å². The molecule has 1 aliphatic heterocycles. The number of aryl methyl sites for hydroxylation is 1. The molecule has 0 spiro atoms. The zero-order chi connectivity index (χ0) is 18.1. The van der Waals surface area contributed by atoms with Crippen molar-refractivity contribution in [3.05, 3.63) is 47.7 Å². The molecule has 0 unspecified atom stereocenters. The average molecular weight is 370 g/mol. The van der Waals surface area contributed by atoms with Gasteiger partial charge in [0.1, 0.15) is 17.3 Å². The van der Waals surface area contributed by atoms with E-state index in [0.717, 1.165) is 16.3 Å². The first kappa shape index (κ1) is 16.6. The van der Waals surface area contributed by atoms with E-state index in [2.05, 4.69) is 10.1 Å². The standard InChI is InChI=1S/C18H18N4O3S/c1-21(9-13-10-24-15-5-3-4-6-16(15)25-13)18(23)14-11-26-17(20-14)12-7-19-22(2)8-12/h3-8,11,13H,9-10H2,1-2H3/t13-/m0/s1. The number of para-hydroxylation sites is 2. The fourth-order valence-electron chi connectivity index (χ4n) is 2.77. The molecule has 0 bridgehead atoms. The topological polar surface area (TPSA) is 69.5 Å². The molecule has 2 aromatic heterocycles. The predicted octanol–water partition coefficient (Wildman–Crippen LogP) is 2.46. The van der Waals surface area contributed by atoms with Crippen LogP contribution in [0.4, 0.5) is 0 Å². The zero-order valence-corrected chi connectivity index (χ0v) is 15.3.